The third kappa shape index (κ3) is 3.36. The van der Waals surface area contributed by atoms with E-state index in [1.165, 1.54) is 14.0 Å². The van der Waals surface area contributed by atoms with Crippen molar-refractivity contribution in [2.45, 2.75) is 19.3 Å². The maximum atomic E-state index is 10.8. The first-order valence-corrected chi connectivity index (χ1v) is 3.29. The molecular weight excluding hydrogens is 164 g/mol. The minimum atomic E-state index is -1.55. The number of carbonyl (C=O) groups excluding carboxylic acids is 1. The zero-order valence-corrected chi connectivity index (χ0v) is 6.98. The number of methoxy groups -OCH3 is 1. The maximum Gasteiger partial charge on any atom is 0.375 e. The van der Waals surface area contributed by atoms with E-state index in [0.717, 1.165) is 0 Å². The number of carbonyl (C=O) groups is 1. The van der Waals surface area contributed by atoms with Crippen LogP contribution in [-0.2, 0) is 14.3 Å². The van der Waals surface area contributed by atoms with Crippen molar-refractivity contribution in [1.82, 2.24) is 0 Å². The van der Waals surface area contributed by atoms with Crippen molar-refractivity contribution in [3.8, 4) is 0 Å². The molecule has 0 saturated heterocycles. The number of aliphatic hydroxyl groups excluding tert-OH is 2. The highest BCUT2D eigenvalue weighted by molar-refractivity contribution is 5.85. The van der Waals surface area contributed by atoms with Gasteiger partial charge in [-0.05, 0) is 13.5 Å². The van der Waals surface area contributed by atoms with Gasteiger partial charge in [0, 0.05) is 0 Å². The van der Waals surface area contributed by atoms with E-state index in [4.69, 9.17) is 10.2 Å². The Morgan fingerprint density at radius 1 is 1.50 bits per heavy atom. The molecule has 5 heteroatoms. The molecule has 0 fully saturated rings. The minimum Gasteiger partial charge on any atom is -0.490 e. The fourth-order valence-corrected chi connectivity index (χ4v) is 0.357. The largest absolute Gasteiger partial charge is 0.490 e. The summed E-state index contributed by atoms with van der Waals surface area (Å²) in [6.45, 7) is 4.48. The lowest BCUT2D eigenvalue weighted by Gasteiger charge is -2.14. The van der Waals surface area contributed by atoms with Crippen LogP contribution in [0.4, 0.5) is 0 Å². The molecule has 2 unspecified atom stereocenters. The molecule has 2 N–H and O–H groups in total. The van der Waals surface area contributed by atoms with Gasteiger partial charge < -0.3 is 19.7 Å². The van der Waals surface area contributed by atoms with Crippen LogP contribution in [-0.4, -0.2) is 35.7 Å². The molecule has 5 nitrogen and oxygen atoms in total. The molecular formula is C7H12O5. The zero-order chi connectivity index (χ0) is 9.72. The average Bonchev–Trinajstić information content (AvgIpc) is 2.02. The second-order valence-corrected chi connectivity index (χ2v) is 2.16. The van der Waals surface area contributed by atoms with Gasteiger partial charge in [-0.15, -0.1) is 0 Å². The van der Waals surface area contributed by atoms with Gasteiger partial charge >= 0.3 is 5.97 Å². The van der Waals surface area contributed by atoms with Crippen molar-refractivity contribution in [3.05, 3.63) is 12.3 Å². The molecule has 0 bridgehead atoms. The third-order valence-corrected chi connectivity index (χ3v) is 1.11. The first-order valence-electron chi connectivity index (χ1n) is 3.29. The van der Waals surface area contributed by atoms with Crippen molar-refractivity contribution >= 4 is 5.97 Å². The molecule has 0 aliphatic carbocycles. The molecule has 70 valence electrons. The summed E-state index contributed by atoms with van der Waals surface area (Å²) >= 11 is 0. The number of hydrogen-bond acceptors (Lipinski definition) is 5. The van der Waals surface area contributed by atoms with Gasteiger partial charge in [-0.1, -0.05) is 0 Å². The maximum absolute atomic E-state index is 10.8. The van der Waals surface area contributed by atoms with Crippen molar-refractivity contribution in [2.24, 2.45) is 0 Å². The first kappa shape index (κ1) is 10.9. The van der Waals surface area contributed by atoms with Gasteiger partial charge in [0.1, 0.15) is 6.10 Å². The van der Waals surface area contributed by atoms with E-state index in [2.05, 4.69) is 16.1 Å². The summed E-state index contributed by atoms with van der Waals surface area (Å²) in [5.74, 6) is -1.12. The number of ether oxygens (including phenoxy) is 2. The Labute approximate surface area is 70.2 Å². The molecule has 0 spiro atoms. The Kier molecular flexibility index (Phi) is 4.31. The zero-order valence-electron chi connectivity index (χ0n) is 6.98. The summed E-state index contributed by atoms with van der Waals surface area (Å²) in [4.78, 5) is 10.8. The van der Waals surface area contributed by atoms with Crippen LogP contribution >= 0.6 is 0 Å². The van der Waals surface area contributed by atoms with Crippen LogP contribution < -0.4 is 0 Å². The molecule has 0 aromatic carbocycles. The van der Waals surface area contributed by atoms with Crippen LogP contribution in [0, 0.1) is 0 Å². The SMILES string of the molecule is C=C(OC)C(=O)OC(O)C(C)O. The van der Waals surface area contributed by atoms with E-state index in [1.54, 1.807) is 0 Å². The van der Waals surface area contributed by atoms with Crippen LogP contribution in [0.2, 0.25) is 0 Å². The molecule has 0 aliphatic rings. The molecule has 0 saturated carbocycles. The Hall–Kier alpha value is -1.07. The lowest BCUT2D eigenvalue weighted by molar-refractivity contribution is -0.183. The summed E-state index contributed by atoms with van der Waals surface area (Å²) in [6, 6.07) is 0. The van der Waals surface area contributed by atoms with Crippen molar-refractivity contribution in [2.75, 3.05) is 7.11 Å². The van der Waals surface area contributed by atoms with Crippen LogP contribution in [0.5, 0.6) is 0 Å². The van der Waals surface area contributed by atoms with Crippen molar-refractivity contribution < 1.29 is 24.5 Å². The summed E-state index contributed by atoms with van der Waals surface area (Å²) in [5.41, 5.74) is 0. The number of hydrogen-bond donors (Lipinski definition) is 2. The molecule has 0 aromatic heterocycles. The van der Waals surface area contributed by atoms with E-state index in [0.29, 0.717) is 0 Å². The monoisotopic (exact) mass is 176 g/mol. The molecule has 0 rings (SSSR count). The molecule has 2 atom stereocenters. The second-order valence-electron chi connectivity index (χ2n) is 2.16. The summed E-state index contributed by atoms with van der Waals surface area (Å²) in [5, 5.41) is 17.6. The minimum absolute atomic E-state index is 0.227. The average molecular weight is 176 g/mol. The number of aliphatic hydroxyl groups is 2. The van der Waals surface area contributed by atoms with Crippen LogP contribution in [0.25, 0.3) is 0 Å². The van der Waals surface area contributed by atoms with Gasteiger partial charge in [0.2, 0.25) is 6.29 Å². The van der Waals surface area contributed by atoms with Gasteiger partial charge in [-0.3, -0.25) is 0 Å². The topological polar surface area (TPSA) is 76.0 Å². The summed E-state index contributed by atoms with van der Waals surface area (Å²) < 4.78 is 8.74. The Bertz CT molecular complexity index is 175. The predicted octanol–water partition coefficient (Wildman–Crippen LogP) is -0.611. The van der Waals surface area contributed by atoms with E-state index in [1.807, 2.05) is 0 Å². The van der Waals surface area contributed by atoms with Gasteiger partial charge in [-0.25, -0.2) is 4.79 Å². The Morgan fingerprint density at radius 3 is 2.33 bits per heavy atom. The van der Waals surface area contributed by atoms with E-state index in [9.17, 15) is 4.79 Å². The number of esters is 1. The standard InChI is InChI=1S/C7H12O5/c1-4(8)6(9)12-7(10)5(2)11-3/h4,6,8-9H,2H2,1,3H3. The van der Waals surface area contributed by atoms with Crippen LogP contribution in [0.1, 0.15) is 6.92 Å². The summed E-state index contributed by atoms with van der Waals surface area (Å²) in [6.07, 6.45) is -2.69. The smallest absolute Gasteiger partial charge is 0.375 e. The highest BCUT2D eigenvalue weighted by atomic mass is 16.7. The Morgan fingerprint density at radius 2 is 2.00 bits per heavy atom. The lowest BCUT2D eigenvalue weighted by atomic mass is 10.4. The van der Waals surface area contributed by atoms with Gasteiger partial charge in [0.15, 0.2) is 5.76 Å². The predicted molar refractivity (Wildman–Crippen MR) is 39.9 cm³/mol. The van der Waals surface area contributed by atoms with Gasteiger partial charge in [0.25, 0.3) is 0 Å². The van der Waals surface area contributed by atoms with E-state index >= 15 is 0 Å². The Balaban J connectivity index is 3.92. The second kappa shape index (κ2) is 4.74. The van der Waals surface area contributed by atoms with Crippen LogP contribution in [0.3, 0.4) is 0 Å². The molecule has 0 aromatic rings. The fourth-order valence-electron chi connectivity index (χ4n) is 0.357. The van der Waals surface area contributed by atoms with E-state index in [-0.39, 0.29) is 5.76 Å². The number of rotatable bonds is 4. The fraction of sp³-hybridized carbons (Fsp3) is 0.571. The molecule has 0 radical (unpaired) electrons. The van der Waals surface area contributed by atoms with Gasteiger partial charge in [0.05, 0.1) is 7.11 Å². The third-order valence-electron chi connectivity index (χ3n) is 1.11. The van der Waals surface area contributed by atoms with Crippen molar-refractivity contribution in [3.63, 3.8) is 0 Å². The molecule has 0 heterocycles. The molecule has 12 heavy (non-hydrogen) atoms. The highest BCUT2D eigenvalue weighted by Crippen LogP contribution is 2.00. The highest BCUT2D eigenvalue weighted by Gasteiger charge is 2.18. The van der Waals surface area contributed by atoms with Gasteiger partial charge in [-0.2, -0.15) is 0 Å². The first-order chi connectivity index (χ1) is 5.49. The normalized spacial score (nSPS) is 14.7. The molecule has 0 amide bonds. The van der Waals surface area contributed by atoms with Crippen LogP contribution in [0.15, 0.2) is 12.3 Å². The van der Waals surface area contributed by atoms with E-state index < -0.39 is 18.4 Å². The lowest BCUT2D eigenvalue weighted by Crippen LogP contribution is -2.29. The summed E-state index contributed by atoms with van der Waals surface area (Å²) in [7, 11) is 1.25. The van der Waals surface area contributed by atoms with Crippen molar-refractivity contribution in [1.29, 1.82) is 0 Å². The molecule has 0 aliphatic heterocycles. The quantitative estimate of drug-likeness (QED) is 0.258.